The number of rotatable bonds is 4. The van der Waals surface area contributed by atoms with Crippen LogP contribution >= 0.6 is 0 Å². The Morgan fingerprint density at radius 2 is 1.88 bits per heavy atom. The molecule has 7 heteroatoms. The van der Waals surface area contributed by atoms with Crippen molar-refractivity contribution in [3.63, 3.8) is 0 Å². The molecule has 16 heavy (non-hydrogen) atoms. The third-order valence-electron chi connectivity index (χ3n) is 2.67. The predicted molar refractivity (Wildman–Crippen MR) is 54.4 cm³/mol. The first-order valence-electron chi connectivity index (χ1n) is 5.01. The van der Waals surface area contributed by atoms with Crippen molar-refractivity contribution in [2.24, 2.45) is 5.73 Å². The minimum absolute atomic E-state index is 0.174. The smallest absolute Gasteiger partial charge is 0.327 e. The van der Waals surface area contributed by atoms with Gasteiger partial charge in [-0.05, 0) is 18.9 Å². The van der Waals surface area contributed by atoms with Crippen molar-refractivity contribution in [3.05, 3.63) is 11.9 Å². The van der Waals surface area contributed by atoms with Gasteiger partial charge in [0.05, 0.1) is 5.25 Å². The Morgan fingerprint density at radius 1 is 1.38 bits per heavy atom. The van der Waals surface area contributed by atoms with Crippen molar-refractivity contribution in [1.29, 1.82) is 0 Å². The van der Waals surface area contributed by atoms with Gasteiger partial charge in [0.2, 0.25) is 9.84 Å². The summed E-state index contributed by atoms with van der Waals surface area (Å²) in [5.74, 6) is -1.97. The van der Waals surface area contributed by atoms with Crippen LogP contribution in [0.15, 0.2) is 11.9 Å². The molecule has 0 spiro atoms. The fourth-order valence-electron chi connectivity index (χ4n) is 1.77. The standard InChI is InChI=1S/C9H14F3NO2S/c10-8(5-6-13)9(11,12)16(14,15)7-3-1-2-4-7/h5,7H,1-4,6,13H2/b8-5-. The van der Waals surface area contributed by atoms with Crippen molar-refractivity contribution in [1.82, 2.24) is 0 Å². The highest BCUT2D eigenvalue weighted by molar-refractivity contribution is 7.93. The lowest BCUT2D eigenvalue weighted by Crippen LogP contribution is -2.37. The van der Waals surface area contributed by atoms with Crippen molar-refractivity contribution < 1.29 is 21.6 Å². The SMILES string of the molecule is NC/C=C(\F)C(F)(F)S(=O)(=O)C1CCCC1. The van der Waals surface area contributed by atoms with Crippen LogP contribution in [0.3, 0.4) is 0 Å². The maximum atomic E-state index is 13.3. The van der Waals surface area contributed by atoms with Gasteiger partial charge in [-0.25, -0.2) is 12.8 Å². The lowest BCUT2D eigenvalue weighted by molar-refractivity contribution is 0.104. The summed E-state index contributed by atoms with van der Waals surface area (Å²) < 4.78 is 62.7. The molecule has 1 fully saturated rings. The van der Waals surface area contributed by atoms with Gasteiger partial charge >= 0.3 is 5.25 Å². The summed E-state index contributed by atoms with van der Waals surface area (Å²) in [7, 11) is -4.79. The molecule has 0 aromatic carbocycles. The third-order valence-corrected chi connectivity index (χ3v) is 4.93. The van der Waals surface area contributed by atoms with Gasteiger partial charge in [0.1, 0.15) is 0 Å². The van der Waals surface area contributed by atoms with Gasteiger partial charge in [0.25, 0.3) is 0 Å². The first-order chi connectivity index (χ1) is 7.34. The van der Waals surface area contributed by atoms with Gasteiger partial charge in [0.15, 0.2) is 5.83 Å². The van der Waals surface area contributed by atoms with E-state index in [1.807, 2.05) is 0 Å². The molecule has 0 atom stereocenters. The van der Waals surface area contributed by atoms with Crippen LogP contribution in [0.25, 0.3) is 0 Å². The van der Waals surface area contributed by atoms with Gasteiger partial charge in [-0.1, -0.05) is 12.8 Å². The second kappa shape index (κ2) is 4.75. The molecule has 3 nitrogen and oxygen atoms in total. The second-order valence-electron chi connectivity index (χ2n) is 3.76. The molecule has 0 saturated heterocycles. The van der Waals surface area contributed by atoms with E-state index in [0.717, 1.165) is 0 Å². The molecular weight excluding hydrogens is 243 g/mol. The van der Waals surface area contributed by atoms with E-state index in [1.165, 1.54) is 0 Å². The summed E-state index contributed by atoms with van der Waals surface area (Å²) in [6.45, 7) is -0.457. The largest absolute Gasteiger partial charge is 0.396 e. The average molecular weight is 257 g/mol. The Balaban J connectivity index is 3.01. The molecule has 1 saturated carbocycles. The molecular formula is C9H14F3NO2S. The third kappa shape index (κ3) is 2.24. The van der Waals surface area contributed by atoms with Crippen LogP contribution in [0.2, 0.25) is 0 Å². The number of nitrogens with two attached hydrogens (primary N) is 1. The minimum atomic E-state index is -4.79. The lowest BCUT2D eigenvalue weighted by Gasteiger charge is -2.19. The van der Waals surface area contributed by atoms with Gasteiger partial charge in [0, 0.05) is 6.54 Å². The van der Waals surface area contributed by atoms with Crippen LogP contribution in [-0.4, -0.2) is 25.5 Å². The number of sulfone groups is 1. The Morgan fingerprint density at radius 3 is 2.31 bits per heavy atom. The molecule has 1 aliphatic carbocycles. The normalized spacial score (nSPS) is 20.4. The van der Waals surface area contributed by atoms with Crippen molar-refractivity contribution in [3.8, 4) is 0 Å². The summed E-state index contributed by atoms with van der Waals surface area (Å²) in [6.07, 6.45) is 1.92. The highest BCUT2D eigenvalue weighted by Crippen LogP contribution is 2.39. The molecule has 94 valence electrons. The van der Waals surface area contributed by atoms with Crippen LogP contribution in [0.1, 0.15) is 25.7 Å². The molecule has 0 aromatic rings. The topological polar surface area (TPSA) is 60.2 Å². The monoisotopic (exact) mass is 257 g/mol. The molecule has 0 unspecified atom stereocenters. The van der Waals surface area contributed by atoms with Crippen LogP contribution in [0, 0.1) is 0 Å². The molecule has 0 aromatic heterocycles. The van der Waals surface area contributed by atoms with Crippen LogP contribution in [0.5, 0.6) is 0 Å². The predicted octanol–water partition coefficient (Wildman–Crippen LogP) is 1.75. The Labute approximate surface area is 92.4 Å². The minimum Gasteiger partial charge on any atom is -0.327 e. The summed E-state index contributed by atoms with van der Waals surface area (Å²) in [5.41, 5.74) is 4.88. The zero-order valence-electron chi connectivity index (χ0n) is 8.63. The number of hydrogen-bond acceptors (Lipinski definition) is 3. The number of hydrogen-bond donors (Lipinski definition) is 1. The highest BCUT2D eigenvalue weighted by atomic mass is 32.2. The van der Waals surface area contributed by atoms with E-state index in [2.05, 4.69) is 0 Å². The second-order valence-corrected chi connectivity index (χ2v) is 6.03. The highest BCUT2D eigenvalue weighted by Gasteiger charge is 2.53. The van der Waals surface area contributed by atoms with E-state index in [-0.39, 0.29) is 12.8 Å². The van der Waals surface area contributed by atoms with Gasteiger partial charge < -0.3 is 5.73 Å². The van der Waals surface area contributed by atoms with Crippen molar-refractivity contribution in [2.75, 3.05) is 6.54 Å². The van der Waals surface area contributed by atoms with E-state index in [1.54, 1.807) is 0 Å². The maximum absolute atomic E-state index is 13.3. The molecule has 1 rings (SSSR count). The summed E-state index contributed by atoms with van der Waals surface area (Å²) in [5, 5.41) is -5.58. The van der Waals surface area contributed by atoms with E-state index in [4.69, 9.17) is 5.73 Å². The molecule has 0 aliphatic heterocycles. The molecule has 2 N–H and O–H groups in total. The van der Waals surface area contributed by atoms with Gasteiger partial charge in [-0.3, -0.25) is 0 Å². The number of halogens is 3. The van der Waals surface area contributed by atoms with Gasteiger partial charge in [-0.2, -0.15) is 8.78 Å². The summed E-state index contributed by atoms with van der Waals surface area (Å²) >= 11 is 0. The lowest BCUT2D eigenvalue weighted by atomic mass is 10.4. The summed E-state index contributed by atoms with van der Waals surface area (Å²) in [4.78, 5) is 0. The van der Waals surface area contributed by atoms with Crippen molar-refractivity contribution in [2.45, 2.75) is 36.2 Å². The van der Waals surface area contributed by atoms with E-state index in [0.29, 0.717) is 18.9 Å². The molecule has 0 bridgehead atoms. The average Bonchev–Trinajstić information content (AvgIpc) is 2.70. The van der Waals surface area contributed by atoms with E-state index >= 15 is 0 Å². The first kappa shape index (κ1) is 13.5. The first-order valence-corrected chi connectivity index (χ1v) is 6.56. The maximum Gasteiger partial charge on any atom is 0.396 e. The van der Waals surface area contributed by atoms with Crippen LogP contribution in [0.4, 0.5) is 13.2 Å². The van der Waals surface area contributed by atoms with Crippen LogP contribution < -0.4 is 5.73 Å². The van der Waals surface area contributed by atoms with Crippen molar-refractivity contribution >= 4 is 9.84 Å². The molecule has 1 aliphatic rings. The number of alkyl halides is 2. The van der Waals surface area contributed by atoms with Gasteiger partial charge in [-0.15, -0.1) is 0 Å². The fourth-order valence-corrected chi connectivity index (χ4v) is 3.49. The van der Waals surface area contributed by atoms with E-state index < -0.39 is 32.7 Å². The quantitative estimate of drug-likeness (QED) is 0.834. The fraction of sp³-hybridized carbons (Fsp3) is 0.778. The molecule has 0 amide bonds. The Kier molecular flexibility index (Phi) is 4.01. The molecule has 0 heterocycles. The Hall–Kier alpha value is -0.560. The van der Waals surface area contributed by atoms with Crippen LogP contribution in [-0.2, 0) is 9.84 Å². The zero-order valence-corrected chi connectivity index (χ0v) is 9.44. The summed E-state index contributed by atoms with van der Waals surface area (Å²) in [6, 6.07) is 0. The zero-order chi connectivity index (χ0) is 12.4. The van der Waals surface area contributed by atoms with E-state index in [9.17, 15) is 21.6 Å². The Bertz CT molecular complexity index is 372. The molecule has 0 radical (unpaired) electrons.